The highest BCUT2D eigenvalue weighted by atomic mass is 35.5. The number of carbonyl (C=O) groups excluding carboxylic acids is 2. The quantitative estimate of drug-likeness (QED) is 0.202. The second kappa shape index (κ2) is 9.51. The highest BCUT2D eigenvalue weighted by molar-refractivity contribution is 6.51. The van der Waals surface area contributed by atoms with Gasteiger partial charge in [0.1, 0.15) is 5.76 Å². The fraction of sp³-hybridized carbons (Fsp3) is 0.179. The summed E-state index contributed by atoms with van der Waals surface area (Å²) >= 11 is 6.02. The second-order valence-corrected chi connectivity index (χ2v) is 8.95. The number of H-pyrrole nitrogens is 1. The van der Waals surface area contributed by atoms with Crippen molar-refractivity contribution < 1.29 is 14.7 Å². The molecular formula is C28H25ClN4O3. The van der Waals surface area contributed by atoms with Crippen LogP contribution in [0.15, 0.2) is 78.4 Å². The molecular weight excluding hydrogens is 476 g/mol. The van der Waals surface area contributed by atoms with Gasteiger partial charge in [-0.05, 0) is 67.9 Å². The Hall–Kier alpha value is -4.10. The summed E-state index contributed by atoms with van der Waals surface area (Å²) < 4.78 is 0. The number of Topliss-reactive ketones (excluding diaryl/α,β-unsaturated/α-hetero) is 1. The number of nitrogens with one attached hydrogen (secondary N) is 1. The Kier molecular flexibility index (Phi) is 6.24. The molecule has 1 aliphatic rings. The lowest BCUT2D eigenvalue weighted by molar-refractivity contribution is -0.132. The number of nitrogens with zero attached hydrogens (tertiary/aromatic N) is 3. The minimum absolute atomic E-state index is 0.00151. The van der Waals surface area contributed by atoms with Crippen LogP contribution in [0.1, 0.15) is 31.0 Å². The molecule has 1 unspecified atom stereocenters. The van der Waals surface area contributed by atoms with Crippen molar-refractivity contribution in [3.05, 3.63) is 94.5 Å². The summed E-state index contributed by atoms with van der Waals surface area (Å²) in [6.07, 6.45) is 0. The van der Waals surface area contributed by atoms with Gasteiger partial charge < -0.3 is 15.0 Å². The Morgan fingerprint density at radius 1 is 1.00 bits per heavy atom. The second-order valence-electron chi connectivity index (χ2n) is 8.52. The molecule has 1 fully saturated rings. The van der Waals surface area contributed by atoms with E-state index in [1.165, 1.54) is 4.90 Å². The summed E-state index contributed by atoms with van der Waals surface area (Å²) in [4.78, 5) is 38.0. The van der Waals surface area contributed by atoms with E-state index in [1.54, 1.807) is 24.3 Å². The van der Waals surface area contributed by atoms with Crippen molar-refractivity contribution in [2.45, 2.75) is 19.9 Å². The molecule has 182 valence electrons. The fourth-order valence-corrected chi connectivity index (χ4v) is 4.77. The van der Waals surface area contributed by atoms with Crippen molar-refractivity contribution in [2.75, 3.05) is 22.9 Å². The van der Waals surface area contributed by atoms with Crippen molar-refractivity contribution in [1.82, 2.24) is 9.97 Å². The van der Waals surface area contributed by atoms with Gasteiger partial charge in [0.05, 0.1) is 22.6 Å². The average molecular weight is 501 g/mol. The van der Waals surface area contributed by atoms with Crippen molar-refractivity contribution in [3.8, 4) is 0 Å². The van der Waals surface area contributed by atoms with Gasteiger partial charge >= 0.3 is 5.91 Å². The number of hydrogen-bond donors (Lipinski definition) is 2. The molecule has 1 aromatic heterocycles. The SMILES string of the molecule is CCN(CC)c1ccc(C2/C(=C(\O)c3ccc(Cl)cc3)C(=O)C(=O)N2c2nc3ccccc3[nH]2)cc1. The standard InChI is InChI=1S/C28H25ClN4O3/c1-3-32(4-2)20-15-11-17(12-16-20)24-23(25(34)18-9-13-19(29)14-10-18)26(35)27(36)33(24)28-30-21-7-5-6-8-22(21)31-28/h5-16,24,34H,3-4H2,1-2H3,(H,30,31)/b25-23+. The van der Waals surface area contributed by atoms with E-state index < -0.39 is 17.7 Å². The number of amides is 1. The van der Waals surface area contributed by atoms with Gasteiger partial charge in [-0.3, -0.25) is 14.5 Å². The number of aromatic nitrogens is 2. The van der Waals surface area contributed by atoms with Crippen LogP contribution in [-0.2, 0) is 9.59 Å². The minimum atomic E-state index is -0.869. The first-order valence-corrected chi connectivity index (χ1v) is 12.2. The number of aliphatic hydroxyl groups excluding tert-OH is 1. The molecule has 2 heterocycles. The number of aliphatic hydroxyl groups is 1. The predicted octanol–water partition coefficient (Wildman–Crippen LogP) is 5.69. The first-order chi connectivity index (χ1) is 17.4. The summed E-state index contributed by atoms with van der Waals surface area (Å²) in [6.45, 7) is 5.87. The molecule has 2 N–H and O–H groups in total. The Morgan fingerprint density at radius 2 is 1.67 bits per heavy atom. The molecule has 0 saturated carbocycles. The number of hydrogen-bond acceptors (Lipinski definition) is 5. The number of rotatable bonds is 6. The van der Waals surface area contributed by atoms with E-state index in [0.717, 1.165) is 24.3 Å². The zero-order chi connectivity index (χ0) is 25.4. The van der Waals surface area contributed by atoms with Crippen LogP contribution in [0.4, 0.5) is 11.6 Å². The molecule has 3 aromatic carbocycles. The molecule has 0 spiro atoms. The maximum Gasteiger partial charge on any atom is 0.302 e. The van der Waals surface area contributed by atoms with Crippen LogP contribution in [0.2, 0.25) is 5.02 Å². The third-order valence-electron chi connectivity index (χ3n) is 6.50. The molecule has 1 saturated heterocycles. The molecule has 1 atom stereocenters. The maximum absolute atomic E-state index is 13.4. The monoisotopic (exact) mass is 500 g/mol. The van der Waals surface area contributed by atoms with Crippen LogP contribution >= 0.6 is 11.6 Å². The summed E-state index contributed by atoms with van der Waals surface area (Å²) in [5, 5.41) is 11.8. The van der Waals surface area contributed by atoms with Crippen LogP contribution in [0.3, 0.4) is 0 Å². The molecule has 8 heteroatoms. The Morgan fingerprint density at radius 3 is 2.31 bits per heavy atom. The Labute approximate surface area is 213 Å². The Balaban J connectivity index is 1.69. The van der Waals surface area contributed by atoms with E-state index in [9.17, 15) is 14.7 Å². The van der Waals surface area contributed by atoms with Gasteiger partial charge in [-0.1, -0.05) is 35.9 Å². The molecule has 36 heavy (non-hydrogen) atoms. The lowest BCUT2D eigenvalue weighted by Crippen LogP contribution is -2.30. The van der Waals surface area contributed by atoms with E-state index in [4.69, 9.17) is 11.6 Å². The molecule has 0 radical (unpaired) electrons. The number of halogens is 1. The molecule has 4 aromatic rings. The number of benzene rings is 3. The van der Waals surface area contributed by atoms with Gasteiger partial charge in [0.25, 0.3) is 5.78 Å². The topological polar surface area (TPSA) is 89.5 Å². The number of imidazole rings is 1. The van der Waals surface area contributed by atoms with E-state index in [1.807, 2.05) is 48.5 Å². The number of ketones is 1. The molecule has 1 amide bonds. The number of anilines is 2. The summed E-state index contributed by atoms with van der Waals surface area (Å²) in [5.74, 6) is -1.56. The number of carbonyl (C=O) groups is 2. The van der Waals surface area contributed by atoms with E-state index in [2.05, 4.69) is 28.7 Å². The van der Waals surface area contributed by atoms with Crippen LogP contribution < -0.4 is 9.80 Å². The minimum Gasteiger partial charge on any atom is -0.507 e. The molecule has 7 nitrogen and oxygen atoms in total. The van der Waals surface area contributed by atoms with E-state index in [-0.39, 0.29) is 17.3 Å². The smallest absolute Gasteiger partial charge is 0.302 e. The Bertz CT molecular complexity index is 1440. The van der Waals surface area contributed by atoms with Crippen LogP contribution in [0.5, 0.6) is 0 Å². The lowest BCUT2D eigenvalue weighted by Gasteiger charge is -2.25. The van der Waals surface area contributed by atoms with Gasteiger partial charge in [-0.15, -0.1) is 0 Å². The van der Waals surface area contributed by atoms with Crippen LogP contribution in [-0.4, -0.2) is 39.9 Å². The lowest BCUT2D eigenvalue weighted by atomic mass is 9.95. The highest BCUT2D eigenvalue weighted by Crippen LogP contribution is 2.42. The third kappa shape index (κ3) is 4.01. The summed E-state index contributed by atoms with van der Waals surface area (Å²) in [6, 6.07) is 20.7. The van der Waals surface area contributed by atoms with Crippen molar-refractivity contribution in [2.24, 2.45) is 0 Å². The number of fused-ring (bicyclic) bond motifs is 1. The normalized spacial score (nSPS) is 17.2. The summed E-state index contributed by atoms with van der Waals surface area (Å²) in [5.41, 5.74) is 3.51. The molecule has 1 aliphatic heterocycles. The van der Waals surface area contributed by atoms with Gasteiger partial charge in [-0.25, -0.2) is 4.98 Å². The van der Waals surface area contributed by atoms with Gasteiger partial charge in [0, 0.05) is 29.4 Å². The van der Waals surface area contributed by atoms with Crippen LogP contribution in [0, 0.1) is 0 Å². The van der Waals surface area contributed by atoms with Gasteiger partial charge in [0.15, 0.2) is 0 Å². The van der Waals surface area contributed by atoms with E-state index in [0.29, 0.717) is 21.7 Å². The zero-order valence-electron chi connectivity index (χ0n) is 19.9. The predicted molar refractivity (Wildman–Crippen MR) is 142 cm³/mol. The average Bonchev–Trinajstić information content (AvgIpc) is 3.43. The third-order valence-corrected chi connectivity index (χ3v) is 6.76. The first kappa shape index (κ1) is 23.6. The van der Waals surface area contributed by atoms with Gasteiger partial charge in [0.2, 0.25) is 5.95 Å². The summed E-state index contributed by atoms with van der Waals surface area (Å²) in [7, 11) is 0. The molecule has 0 bridgehead atoms. The zero-order valence-corrected chi connectivity index (χ0v) is 20.7. The van der Waals surface area contributed by atoms with Crippen LogP contribution in [0.25, 0.3) is 16.8 Å². The highest BCUT2D eigenvalue weighted by Gasteiger charge is 2.48. The maximum atomic E-state index is 13.4. The fourth-order valence-electron chi connectivity index (χ4n) is 4.64. The van der Waals surface area contributed by atoms with Crippen molar-refractivity contribution in [1.29, 1.82) is 0 Å². The molecule has 5 rings (SSSR count). The van der Waals surface area contributed by atoms with Crippen molar-refractivity contribution in [3.63, 3.8) is 0 Å². The van der Waals surface area contributed by atoms with Gasteiger partial charge in [-0.2, -0.15) is 0 Å². The number of para-hydroxylation sites is 2. The van der Waals surface area contributed by atoms with Crippen molar-refractivity contribution >= 4 is 51.7 Å². The number of aromatic amines is 1. The largest absolute Gasteiger partial charge is 0.507 e. The molecule has 0 aliphatic carbocycles. The van der Waals surface area contributed by atoms with E-state index >= 15 is 0 Å². The first-order valence-electron chi connectivity index (χ1n) is 11.8.